The first-order valence-electron chi connectivity index (χ1n) is 8.45. The molecule has 3 fully saturated rings. The van der Waals surface area contributed by atoms with Crippen LogP contribution in [-0.4, -0.2) is 49.3 Å². The van der Waals surface area contributed by atoms with E-state index in [2.05, 4.69) is 17.1 Å². The Morgan fingerprint density at radius 3 is 2.74 bits per heavy atom. The second kappa shape index (κ2) is 6.55. The summed E-state index contributed by atoms with van der Waals surface area (Å²) in [5.74, 6) is 0.972. The zero-order valence-electron chi connectivity index (χ0n) is 12.4. The number of ether oxygens (including phenoxy) is 1. The molecule has 0 radical (unpaired) electrons. The lowest BCUT2D eigenvalue weighted by atomic mass is 9.85. The molecule has 2 aliphatic heterocycles. The van der Waals surface area contributed by atoms with E-state index < -0.39 is 0 Å². The number of hydrogen-bond acceptors (Lipinski definition) is 3. The molecule has 1 aliphatic carbocycles. The normalized spacial score (nSPS) is 38.8. The topological polar surface area (TPSA) is 24.5 Å². The van der Waals surface area contributed by atoms with Crippen molar-refractivity contribution in [1.29, 1.82) is 0 Å². The van der Waals surface area contributed by atoms with E-state index in [0.29, 0.717) is 6.10 Å². The third kappa shape index (κ3) is 3.50. The molecule has 3 nitrogen and oxygen atoms in total. The molecule has 4 unspecified atom stereocenters. The zero-order chi connectivity index (χ0) is 13.1. The van der Waals surface area contributed by atoms with Gasteiger partial charge in [-0.3, -0.25) is 4.90 Å². The van der Waals surface area contributed by atoms with Crippen LogP contribution in [0.1, 0.15) is 51.9 Å². The van der Waals surface area contributed by atoms with Crippen molar-refractivity contribution in [2.75, 3.05) is 26.2 Å². The average molecular weight is 266 g/mol. The fourth-order valence-corrected chi connectivity index (χ4v) is 4.29. The fraction of sp³-hybridized carbons (Fsp3) is 1.00. The number of likely N-dealkylation sites (N-methyl/N-ethyl adjacent to an activating group) is 1. The maximum Gasteiger partial charge on any atom is 0.0702 e. The van der Waals surface area contributed by atoms with E-state index in [1.165, 1.54) is 51.5 Å². The van der Waals surface area contributed by atoms with E-state index in [4.69, 9.17) is 4.74 Å². The van der Waals surface area contributed by atoms with Gasteiger partial charge in [0.05, 0.1) is 6.10 Å². The molecular formula is C16H30N2O. The van der Waals surface area contributed by atoms with Crippen LogP contribution >= 0.6 is 0 Å². The van der Waals surface area contributed by atoms with Crippen LogP contribution in [0, 0.1) is 5.92 Å². The van der Waals surface area contributed by atoms with Crippen LogP contribution < -0.4 is 5.32 Å². The van der Waals surface area contributed by atoms with E-state index in [1.807, 2.05) is 0 Å². The Morgan fingerprint density at radius 2 is 2.00 bits per heavy atom. The predicted molar refractivity (Wildman–Crippen MR) is 78.4 cm³/mol. The smallest absolute Gasteiger partial charge is 0.0702 e. The molecule has 0 aromatic carbocycles. The summed E-state index contributed by atoms with van der Waals surface area (Å²) in [4.78, 5) is 2.60. The fourth-order valence-electron chi connectivity index (χ4n) is 4.29. The van der Waals surface area contributed by atoms with Crippen LogP contribution in [0.15, 0.2) is 0 Å². The SMILES string of the molecule is CCN(CC1CC2CCCCC2N1)CC1CCCO1. The molecule has 110 valence electrons. The maximum atomic E-state index is 5.78. The molecule has 19 heavy (non-hydrogen) atoms. The predicted octanol–water partition coefficient (Wildman–Crippen LogP) is 2.41. The third-order valence-electron chi connectivity index (χ3n) is 5.36. The van der Waals surface area contributed by atoms with E-state index in [1.54, 1.807) is 0 Å². The van der Waals surface area contributed by atoms with Crippen molar-refractivity contribution in [3.05, 3.63) is 0 Å². The molecule has 0 spiro atoms. The first kappa shape index (κ1) is 13.8. The summed E-state index contributed by atoms with van der Waals surface area (Å²) in [6, 6.07) is 1.56. The summed E-state index contributed by atoms with van der Waals surface area (Å²) in [7, 11) is 0. The number of nitrogens with zero attached hydrogens (tertiary/aromatic N) is 1. The van der Waals surface area contributed by atoms with Gasteiger partial charge >= 0.3 is 0 Å². The molecule has 2 saturated heterocycles. The van der Waals surface area contributed by atoms with Gasteiger partial charge in [-0.05, 0) is 44.6 Å². The van der Waals surface area contributed by atoms with Gasteiger partial charge in [0, 0.05) is 31.8 Å². The summed E-state index contributed by atoms with van der Waals surface area (Å²) >= 11 is 0. The molecular weight excluding hydrogens is 236 g/mol. The Kier molecular flexibility index (Phi) is 4.78. The summed E-state index contributed by atoms with van der Waals surface area (Å²) < 4.78 is 5.78. The van der Waals surface area contributed by atoms with Crippen LogP contribution in [-0.2, 0) is 4.74 Å². The molecule has 3 rings (SSSR count). The van der Waals surface area contributed by atoms with Gasteiger partial charge < -0.3 is 10.1 Å². The molecule has 0 aromatic rings. The van der Waals surface area contributed by atoms with Crippen molar-refractivity contribution in [2.24, 2.45) is 5.92 Å². The van der Waals surface area contributed by atoms with Crippen molar-refractivity contribution < 1.29 is 4.74 Å². The lowest BCUT2D eigenvalue weighted by Gasteiger charge is -2.27. The molecule has 0 bridgehead atoms. The largest absolute Gasteiger partial charge is 0.377 e. The first-order valence-corrected chi connectivity index (χ1v) is 8.45. The van der Waals surface area contributed by atoms with E-state index in [-0.39, 0.29) is 0 Å². The highest BCUT2D eigenvalue weighted by Gasteiger charge is 2.35. The zero-order valence-corrected chi connectivity index (χ0v) is 12.4. The molecule has 3 aliphatic rings. The molecule has 1 N–H and O–H groups in total. The van der Waals surface area contributed by atoms with Gasteiger partial charge in [-0.25, -0.2) is 0 Å². The highest BCUT2D eigenvalue weighted by Crippen LogP contribution is 2.33. The summed E-state index contributed by atoms with van der Waals surface area (Å²) in [5, 5.41) is 3.90. The Labute approximate surface area is 118 Å². The van der Waals surface area contributed by atoms with Gasteiger partial charge in [0.2, 0.25) is 0 Å². The van der Waals surface area contributed by atoms with Crippen molar-refractivity contribution in [3.8, 4) is 0 Å². The van der Waals surface area contributed by atoms with Gasteiger partial charge in [0.15, 0.2) is 0 Å². The molecule has 0 aromatic heterocycles. The lowest BCUT2D eigenvalue weighted by Crippen LogP contribution is -2.42. The lowest BCUT2D eigenvalue weighted by molar-refractivity contribution is 0.0720. The molecule has 0 amide bonds. The van der Waals surface area contributed by atoms with Crippen molar-refractivity contribution >= 4 is 0 Å². The van der Waals surface area contributed by atoms with Crippen LogP contribution in [0.25, 0.3) is 0 Å². The van der Waals surface area contributed by atoms with Crippen molar-refractivity contribution in [2.45, 2.75) is 70.1 Å². The van der Waals surface area contributed by atoms with Gasteiger partial charge in [0.25, 0.3) is 0 Å². The number of hydrogen-bond donors (Lipinski definition) is 1. The van der Waals surface area contributed by atoms with Crippen molar-refractivity contribution in [3.63, 3.8) is 0 Å². The molecule has 1 saturated carbocycles. The Balaban J connectivity index is 1.46. The maximum absolute atomic E-state index is 5.78. The number of rotatable bonds is 5. The minimum atomic E-state index is 0.503. The van der Waals surface area contributed by atoms with Crippen molar-refractivity contribution in [1.82, 2.24) is 10.2 Å². The minimum absolute atomic E-state index is 0.503. The monoisotopic (exact) mass is 266 g/mol. The Morgan fingerprint density at radius 1 is 1.11 bits per heavy atom. The number of fused-ring (bicyclic) bond motifs is 1. The second-order valence-electron chi connectivity index (χ2n) is 6.74. The van der Waals surface area contributed by atoms with E-state index >= 15 is 0 Å². The summed E-state index contributed by atoms with van der Waals surface area (Å²) in [6.07, 6.45) is 10.2. The quantitative estimate of drug-likeness (QED) is 0.827. The molecule has 2 heterocycles. The van der Waals surface area contributed by atoms with Gasteiger partial charge in [-0.2, -0.15) is 0 Å². The summed E-state index contributed by atoms with van der Waals surface area (Å²) in [6.45, 7) is 6.80. The van der Waals surface area contributed by atoms with E-state index in [0.717, 1.165) is 37.7 Å². The van der Waals surface area contributed by atoms with Gasteiger partial charge in [-0.15, -0.1) is 0 Å². The van der Waals surface area contributed by atoms with Crippen LogP contribution in [0.4, 0.5) is 0 Å². The third-order valence-corrected chi connectivity index (χ3v) is 5.36. The minimum Gasteiger partial charge on any atom is -0.377 e. The van der Waals surface area contributed by atoms with Gasteiger partial charge in [0.1, 0.15) is 0 Å². The van der Waals surface area contributed by atoms with Crippen LogP contribution in [0.3, 0.4) is 0 Å². The molecule has 4 atom stereocenters. The Bertz CT molecular complexity index is 264. The van der Waals surface area contributed by atoms with E-state index in [9.17, 15) is 0 Å². The highest BCUT2D eigenvalue weighted by atomic mass is 16.5. The van der Waals surface area contributed by atoms with Crippen LogP contribution in [0.5, 0.6) is 0 Å². The van der Waals surface area contributed by atoms with Crippen LogP contribution in [0.2, 0.25) is 0 Å². The second-order valence-corrected chi connectivity index (χ2v) is 6.74. The number of nitrogens with one attached hydrogen (secondary N) is 1. The van der Waals surface area contributed by atoms with Gasteiger partial charge in [-0.1, -0.05) is 19.8 Å². The average Bonchev–Trinajstić information content (AvgIpc) is 3.06. The first-order chi connectivity index (χ1) is 9.35. The molecule has 3 heteroatoms. The highest BCUT2D eigenvalue weighted by molar-refractivity contribution is 4.94. The summed E-state index contributed by atoms with van der Waals surface area (Å²) in [5.41, 5.74) is 0. The standard InChI is InChI=1S/C16H30N2O/c1-2-18(12-15-7-5-9-19-15)11-14-10-13-6-3-4-8-16(13)17-14/h13-17H,2-12H2,1H3. The Hall–Kier alpha value is -0.120.